The molecule has 0 saturated carbocycles. The number of carbonyl (C=O) groups excluding carboxylic acids is 2. The Balaban J connectivity index is 2.01. The van der Waals surface area contributed by atoms with Crippen LogP contribution in [0.2, 0.25) is 0 Å². The number of hydrogen-bond donors (Lipinski definition) is 2. The van der Waals surface area contributed by atoms with Crippen LogP contribution in [0.3, 0.4) is 0 Å². The maximum atomic E-state index is 12.1. The Bertz CT molecular complexity index is 842. The lowest BCUT2D eigenvalue weighted by Gasteiger charge is -2.14. The van der Waals surface area contributed by atoms with Gasteiger partial charge in [0.15, 0.2) is 0 Å². The minimum Gasteiger partial charge on any atom is -0.366 e. The van der Waals surface area contributed by atoms with E-state index in [4.69, 9.17) is 5.73 Å². The summed E-state index contributed by atoms with van der Waals surface area (Å²) in [5, 5.41) is 14.0. The van der Waals surface area contributed by atoms with Crippen molar-refractivity contribution in [1.29, 1.82) is 0 Å². The minimum atomic E-state index is -0.745. The van der Waals surface area contributed by atoms with Crippen molar-refractivity contribution in [1.82, 2.24) is 5.32 Å². The second kappa shape index (κ2) is 8.81. The molecule has 1 atom stereocenters. The van der Waals surface area contributed by atoms with Gasteiger partial charge in [0.25, 0.3) is 5.69 Å². The maximum absolute atomic E-state index is 12.1. The van der Waals surface area contributed by atoms with Gasteiger partial charge in [-0.05, 0) is 36.8 Å². The lowest BCUT2D eigenvalue weighted by molar-refractivity contribution is -0.387. The zero-order valence-electron chi connectivity index (χ0n) is 13.8. The van der Waals surface area contributed by atoms with Crippen molar-refractivity contribution in [2.75, 3.05) is 5.75 Å². The number of nitro benzene ring substituents is 1. The fraction of sp³-hybridized carbons (Fsp3) is 0.176. The van der Waals surface area contributed by atoms with Gasteiger partial charge in [0.2, 0.25) is 11.8 Å². The van der Waals surface area contributed by atoms with Gasteiger partial charge in [-0.2, -0.15) is 0 Å². The number of halogens is 1. The molecular weight excluding hydrogens is 422 g/mol. The molecule has 2 amide bonds. The number of amides is 2. The maximum Gasteiger partial charge on any atom is 0.283 e. The molecule has 3 N–H and O–H groups in total. The summed E-state index contributed by atoms with van der Waals surface area (Å²) in [7, 11) is 0. The van der Waals surface area contributed by atoms with Crippen molar-refractivity contribution in [3.05, 3.63) is 68.2 Å². The molecule has 0 aliphatic carbocycles. The highest BCUT2D eigenvalue weighted by Crippen LogP contribution is 2.30. The summed E-state index contributed by atoms with van der Waals surface area (Å²) in [6, 6.07) is 11.3. The van der Waals surface area contributed by atoms with Crippen LogP contribution >= 0.6 is 27.7 Å². The van der Waals surface area contributed by atoms with Crippen molar-refractivity contribution >= 4 is 45.2 Å². The molecule has 1 unspecified atom stereocenters. The van der Waals surface area contributed by atoms with Gasteiger partial charge in [0.05, 0.1) is 21.6 Å². The van der Waals surface area contributed by atoms with Gasteiger partial charge in [-0.25, -0.2) is 0 Å². The van der Waals surface area contributed by atoms with E-state index in [2.05, 4.69) is 21.2 Å². The highest BCUT2D eigenvalue weighted by molar-refractivity contribution is 9.10. The highest BCUT2D eigenvalue weighted by Gasteiger charge is 2.18. The summed E-state index contributed by atoms with van der Waals surface area (Å²) in [4.78, 5) is 34.2. The van der Waals surface area contributed by atoms with Crippen molar-refractivity contribution in [3.63, 3.8) is 0 Å². The number of nitrogens with zero attached hydrogens (tertiary/aromatic N) is 1. The van der Waals surface area contributed by atoms with Crippen LogP contribution in [-0.4, -0.2) is 22.5 Å². The monoisotopic (exact) mass is 437 g/mol. The number of nitro groups is 1. The first-order chi connectivity index (χ1) is 12.3. The third kappa shape index (κ3) is 5.30. The quantitative estimate of drug-likeness (QED) is 0.391. The van der Waals surface area contributed by atoms with Crippen LogP contribution in [0.15, 0.2) is 51.8 Å². The van der Waals surface area contributed by atoms with Crippen LogP contribution in [0.25, 0.3) is 0 Å². The molecule has 0 radical (unpaired) electrons. The summed E-state index contributed by atoms with van der Waals surface area (Å²) in [6.07, 6.45) is 0. The summed E-state index contributed by atoms with van der Waals surface area (Å²) in [5.41, 5.74) is 5.89. The Kier molecular flexibility index (Phi) is 6.76. The van der Waals surface area contributed by atoms with Crippen molar-refractivity contribution in [3.8, 4) is 0 Å². The molecular formula is C17H16BrN3O4S. The van der Waals surface area contributed by atoms with Gasteiger partial charge in [-0.15, -0.1) is 11.8 Å². The van der Waals surface area contributed by atoms with Gasteiger partial charge in [-0.3, -0.25) is 19.7 Å². The number of nitrogens with one attached hydrogen (secondary N) is 1. The number of nitrogens with two attached hydrogens (primary N) is 1. The van der Waals surface area contributed by atoms with Crippen molar-refractivity contribution in [2.24, 2.45) is 5.73 Å². The molecule has 0 bridgehead atoms. The fourth-order valence-corrected chi connectivity index (χ4v) is 3.28. The molecule has 0 heterocycles. The minimum absolute atomic E-state index is 0.0115. The number of thioether (sulfide) groups is 1. The molecule has 0 aromatic heterocycles. The number of rotatable bonds is 7. The smallest absolute Gasteiger partial charge is 0.283 e. The normalized spacial score (nSPS) is 11.6. The lowest BCUT2D eigenvalue weighted by Crippen LogP contribution is -2.28. The molecule has 2 aromatic carbocycles. The third-order valence-corrected chi connectivity index (χ3v) is 5.14. The number of hydrogen-bond acceptors (Lipinski definition) is 5. The van der Waals surface area contributed by atoms with Gasteiger partial charge in [-0.1, -0.05) is 28.1 Å². The first kappa shape index (κ1) is 19.9. The molecule has 0 spiro atoms. The predicted molar refractivity (Wildman–Crippen MR) is 103 cm³/mol. The van der Waals surface area contributed by atoms with Crippen LogP contribution in [0.4, 0.5) is 5.69 Å². The summed E-state index contributed by atoms with van der Waals surface area (Å²) in [6.45, 7) is 1.86. The van der Waals surface area contributed by atoms with Crippen LogP contribution < -0.4 is 11.1 Å². The SMILES string of the molecule is CC(NC(=O)CSc1ccc(C(N)=O)cc1[N+](=O)[O-])c1ccc(Br)cc1. The van der Waals surface area contributed by atoms with Crippen molar-refractivity contribution in [2.45, 2.75) is 17.9 Å². The van der Waals surface area contributed by atoms with E-state index in [9.17, 15) is 19.7 Å². The van der Waals surface area contributed by atoms with Crippen molar-refractivity contribution < 1.29 is 14.5 Å². The van der Waals surface area contributed by atoms with Gasteiger partial charge < -0.3 is 11.1 Å². The molecule has 0 fully saturated rings. The number of benzene rings is 2. The van der Waals surface area contributed by atoms with Gasteiger partial charge >= 0.3 is 0 Å². The molecule has 0 saturated heterocycles. The Morgan fingerprint density at radius 2 is 1.92 bits per heavy atom. The highest BCUT2D eigenvalue weighted by atomic mass is 79.9. The van der Waals surface area contributed by atoms with Gasteiger partial charge in [0.1, 0.15) is 0 Å². The second-order valence-electron chi connectivity index (χ2n) is 5.43. The average Bonchev–Trinajstić information content (AvgIpc) is 2.60. The Morgan fingerprint density at radius 1 is 1.27 bits per heavy atom. The molecule has 0 aliphatic heterocycles. The van der Waals surface area contributed by atoms with E-state index in [1.54, 1.807) is 0 Å². The fourth-order valence-electron chi connectivity index (χ4n) is 2.20. The van der Waals surface area contributed by atoms with Crippen LogP contribution in [0, 0.1) is 10.1 Å². The van der Waals surface area contributed by atoms with Crippen LogP contribution in [0.5, 0.6) is 0 Å². The molecule has 2 aromatic rings. The summed E-state index contributed by atoms with van der Waals surface area (Å²) < 4.78 is 0.946. The average molecular weight is 438 g/mol. The topological polar surface area (TPSA) is 115 Å². The first-order valence-electron chi connectivity index (χ1n) is 7.54. The van der Waals surface area contributed by atoms with E-state index in [1.165, 1.54) is 12.1 Å². The molecule has 0 aliphatic rings. The molecule has 26 heavy (non-hydrogen) atoms. The van der Waals surface area contributed by atoms with E-state index in [0.29, 0.717) is 4.90 Å². The van der Waals surface area contributed by atoms with E-state index < -0.39 is 10.8 Å². The predicted octanol–water partition coefficient (Wildman–Crippen LogP) is 3.43. The lowest BCUT2D eigenvalue weighted by atomic mass is 10.1. The Labute approximate surface area is 162 Å². The van der Waals surface area contributed by atoms with E-state index >= 15 is 0 Å². The number of carbonyl (C=O) groups is 2. The largest absolute Gasteiger partial charge is 0.366 e. The van der Waals surface area contributed by atoms with Crippen LogP contribution in [0.1, 0.15) is 28.9 Å². The zero-order chi connectivity index (χ0) is 19.3. The molecule has 136 valence electrons. The molecule has 2 rings (SSSR count). The Morgan fingerprint density at radius 3 is 2.50 bits per heavy atom. The van der Waals surface area contributed by atoms with Gasteiger partial charge in [0, 0.05) is 16.1 Å². The summed E-state index contributed by atoms with van der Waals surface area (Å²) >= 11 is 4.38. The van der Waals surface area contributed by atoms with E-state index in [0.717, 1.165) is 27.9 Å². The van der Waals surface area contributed by atoms with E-state index in [1.807, 2.05) is 31.2 Å². The molecule has 9 heteroatoms. The van der Waals surface area contributed by atoms with E-state index in [-0.39, 0.29) is 29.0 Å². The molecule has 7 nitrogen and oxygen atoms in total. The van der Waals surface area contributed by atoms with Crippen LogP contribution in [-0.2, 0) is 4.79 Å². The first-order valence-corrected chi connectivity index (χ1v) is 9.31. The number of primary amides is 1. The zero-order valence-corrected chi connectivity index (χ0v) is 16.2. The Hall–Kier alpha value is -2.39. The standard InChI is InChI=1S/C17H16BrN3O4S/c1-10(11-2-5-13(18)6-3-11)20-16(22)9-26-15-7-4-12(17(19)23)8-14(15)21(24)25/h2-8,10H,9H2,1H3,(H2,19,23)(H,20,22). The summed E-state index contributed by atoms with van der Waals surface area (Å²) in [5.74, 6) is -0.984. The third-order valence-electron chi connectivity index (χ3n) is 3.55. The second-order valence-corrected chi connectivity index (χ2v) is 7.37.